The summed E-state index contributed by atoms with van der Waals surface area (Å²) < 4.78 is 11.7. The van der Waals surface area contributed by atoms with Crippen molar-refractivity contribution in [3.63, 3.8) is 0 Å². The molecular formula is C19H12ClN3O4. The van der Waals surface area contributed by atoms with Crippen LogP contribution < -0.4 is 10.4 Å². The standard InChI is InChI=1S/C19H12ClN3O4/c1-11(24)26-13-7-6-12-8-17(19(25)27-18(12)9-13)23-10-16(21-22-23)14-4-2-3-5-15(14)20/h2-10H,1H3. The van der Waals surface area contributed by atoms with E-state index in [0.29, 0.717) is 33.0 Å². The molecule has 2 heterocycles. The van der Waals surface area contributed by atoms with Crippen molar-refractivity contribution in [2.75, 3.05) is 0 Å². The molecule has 2 aromatic heterocycles. The van der Waals surface area contributed by atoms with Gasteiger partial charge in [0.15, 0.2) is 5.69 Å². The van der Waals surface area contributed by atoms with Crippen LogP contribution in [0.25, 0.3) is 27.9 Å². The number of nitrogens with zero attached hydrogens (tertiary/aromatic N) is 3. The minimum atomic E-state index is -0.599. The van der Waals surface area contributed by atoms with Crippen molar-refractivity contribution in [3.05, 3.63) is 70.2 Å². The quantitative estimate of drug-likeness (QED) is 0.306. The number of ether oxygens (including phenoxy) is 1. The van der Waals surface area contributed by atoms with Gasteiger partial charge in [-0.15, -0.1) is 5.10 Å². The van der Waals surface area contributed by atoms with E-state index in [1.54, 1.807) is 30.5 Å². The molecule has 0 saturated heterocycles. The first-order chi connectivity index (χ1) is 13.0. The monoisotopic (exact) mass is 381 g/mol. The van der Waals surface area contributed by atoms with E-state index in [-0.39, 0.29) is 5.69 Å². The lowest BCUT2D eigenvalue weighted by Crippen LogP contribution is -2.10. The van der Waals surface area contributed by atoms with Gasteiger partial charge in [-0.05, 0) is 24.3 Å². The SMILES string of the molecule is CC(=O)Oc1ccc2cc(-n3cc(-c4ccccc4Cl)nn3)c(=O)oc2c1. The highest BCUT2D eigenvalue weighted by molar-refractivity contribution is 6.33. The van der Waals surface area contributed by atoms with E-state index in [1.165, 1.54) is 17.7 Å². The molecule has 4 aromatic rings. The van der Waals surface area contributed by atoms with Gasteiger partial charge in [-0.25, -0.2) is 9.48 Å². The van der Waals surface area contributed by atoms with Gasteiger partial charge in [-0.3, -0.25) is 4.79 Å². The van der Waals surface area contributed by atoms with Gasteiger partial charge in [0.1, 0.15) is 17.0 Å². The fourth-order valence-corrected chi connectivity index (χ4v) is 2.88. The first-order valence-corrected chi connectivity index (χ1v) is 8.33. The van der Waals surface area contributed by atoms with Crippen LogP contribution in [0, 0.1) is 0 Å². The van der Waals surface area contributed by atoms with E-state index in [4.69, 9.17) is 20.8 Å². The summed E-state index contributed by atoms with van der Waals surface area (Å²) in [6, 6.07) is 13.6. The predicted octanol–water partition coefficient (Wildman–Crippen LogP) is 3.62. The van der Waals surface area contributed by atoms with Crippen LogP contribution in [-0.2, 0) is 4.79 Å². The molecule has 0 unspecified atom stereocenters. The zero-order chi connectivity index (χ0) is 19.0. The smallest absolute Gasteiger partial charge is 0.362 e. The highest BCUT2D eigenvalue weighted by Gasteiger charge is 2.13. The molecule has 7 nitrogen and oxygen atoms in total. The lowest BCUT2D eigenvalue weighted by Gasteiger charge is -2.04. The number of hydrogen-bond donors (Lipinski definition) is 0. The van der Waals surface area contributed by atoms with Crippen LogP contribution in [0.3, 0.4) is 0 Å². The number of carbonyl (C=O) groups is 1. The van der Waals surface area contributed by atoms with Crippen molar-refractivity contribution in [1.29, 1.82) is 0 Å². The highest BCUT2D eigenvalue weighted by Crippen LogP contribution is 2.26. The minimum Gasteiger partial charge on any atom is -0.427 e. The number of benzene rings is 2. The van der Waals surface area contributed by atoms with Crippen molar-refractivity contribution in [2.45, 2.75) is 6.92 Å². The van der Waals surface area contributed by atoms with Crippen LogP contribution in [-0.4, -0.2) is 21.0 Å². The van der Waals surface area contributed by atoms with Crippen LogP contribution in [0.4, 0.5) is 0 Å². The lowest BCUT2D eigenvalue weighted by atomic mass is 10.2. The summed E-state index contributed by atoms with van der Waals surface area (Å²) in [5.41, 5.74) is 1.15. The summed E-state index contributed by atoms with van der Waals surface area (Å²) in [7, 11) is 0. The fraction of sp³-hybridized carbons (Fsp3) is 0.0526. The molecule has 4 rings (SSSR count). The molecule has 0 atom stereocenters. The Morgan fingerprint density at radius 3 is 2.78 bits per heavy atom. The molecule has 2 aromatic carbocycles. The normalized spacial score (nSPS) is 10.9. The molecule has 0 spiro atoms. The summed E-state index contributed by atoms with van der Waals surface area (Å²) in [6.45, 7) is 1.30. The number of esters is 1. The summed E-state index contributed by atoms with van der Waals surface area (Å²) in [5.74, 6) is -0.157. The summed E-state index contributed by atoms with van der Waals surface area (Å²) in [6.07, 6.45) is 1.60. The third kappa shape index (κ3) is 3.32. The van der Waals surface area contributed by atoms with Crippen LogP contribution in [0.2, 0.25) is 5.02 Å². The summed E-state index contributed by atoms with van der Waals surface area (Å²) in [4.78, 5) is 23.4. The van der Waals surface area contributed by atoms with E-state index in [9.17, 15) is 9.59 Å². The van der Waals surface area contributed by atoms with Gasteiger partial charge in [0.25, 0.3) is 0 Å². The van der Waals surface area contributed by atoms with Gasteiger partial charge in [0.2, 0.25) is 0 Å². The van der Waals surface area contributed by atoms with E-state index in [0.717, 1.165) is 0 Å². The Hall–Kier alpha value is -3.45. The van der Waals surface area contributed by atoms with Crippen LogP contribution in [0.15, 0.2) is 63.9 Å². The number of fused-ring (bicyclic) bond motifs is 1. The Bertz CT molecular complexity index is 1230. The molecular weight excluding hydrogens is 370 g/mol. The van der Waals surface area contributed by atoms with Crippen molar-refractivity contribution in [3.8, 4) is 22.7 Å². The molecule has 0 aliphatic carbocycles. The zero-order valence-corrected chi connectivity index (χ0v) is 14.8. The second-order valence-electron chi connectivity index (χ2n) is 5.74. The fourth-order valence-electron chi connectivity index (χ4n) is 2.64. The van der Waals surface area contributed by atoms with Gasteiger partial charge in [-0.2, -0.15) is 0 Å². The molecule has 0 aliphatic heterocycles. The second-order valence-corrected chi connectivity index (χ2v) is 6.15. The predicted molar refractivity (Wildman–Crippen MR) is 99.2 cm³/mol. The maximum absolute atomic E-state index is 12.4. The maximum atomic E-state index is 12.4. The number of hydrogen-bond acceptors (Lipinski definition) is 6. The topological polar surface area (TPSA) is 87.2 Å². The first-order valence-electron chi connectivity index (χ1n) is 7.95. The summed E-state index contributed by atoms with van der Waals surface area (Å²) in [5, 5.41) is 9.27. The number of aromatic nitrogens is 3. The Kier molecular flexibility index (Phi) is 4.21. The van der Waals surface area contributed by atoms with Crippen molar-refractivity contribution < 1.29 is 13.9 Å². The second kappa shape index (κ2) is 6.69. The molecule has 0 radical (unpaired) electrons. The number of rotatable bonds is 3. The largest absolute Gasteiger partial charge is 0.427 e. The molecule has 0 N–H and O–H groups in total. The average molecular weight is 382 g/mol. The average Bonchev–Trinajstić information content (AvgIpc) is 3.10. The third-order valence-electron chi connectivity index (χ3n) is 3.84. The molecule has 27 heavy (non-hydrogen) atoms. The van der Waals surface area contributed by atoms with E-state index < -0.39 is 11.6 Å². The van der Waals surface area contributed by atoms with E-state index in [2.05, 4.69) is 10.3 Å². The Morgan fingerprint density at radius 2 is 2.00 bits per heavy atom. The van der Waals surface area contributed by atoms with Crippen molar-refractivity contribution in [2.24, 2.45) is 0 Å². The number of carbonyl (C=O) groups excluding carboxylic acids is 1. The molecule has 134 valence electrons. The minimum absolute atomic E-state index is 0.202. The van der Waals surface area contributed by atoms with Gasteiger partial charge in [0, 0.05) is 23.9 Å². The Labute approximate surface area is 157 Å². The molecule has 0 fully saturated rings. The molecule has 0 bridgehead atoms. The Morgan fingerprint density at radius 1 is 1.19 bits per heavy atom. The zero-order valence-electron chi connectivity index (χ0n) is 14.0. The Balaban J connectivity index is 1.76. The highest BCUT2D eigenvalue weighted by atomic mass is 35.5. The molecule has 8 heteroatoms. The van der Waals surface area contributed by atoms with Gasteiger partial charge in [-0.1, -0.05) is 35.0 Å². The maximum Gasteiger partial charge on any atom is 0.362 e. The van der Waals surface area contributed by atoms with Crippen molar-refractivity contribution in [1.82, 2.24) is 15.0 Å². The third-order valence-corrected chi connectivity index (χ3v) is 4.17. The van der Waals surface area contributed by atoms with E-state index in [1.807, 2.05) is 18.2 Å². The molecule has 0 aliphatic rings. The van der Waals surface area contributed by atoms with Gasteiger partial charge in [0.05, 0.1) is 11.2 Å². The lowest BCUT2D eigenvalue weighted by molar-refractivity contribution is -0.131. The molecule has 0 amide bonds. The summed E-state index contributed by atoms with van der Waals surface area (Å²) >= 11 is 6.18. The van der Waals surface area contributed by atoms with Crippen LogP contribution in [0.5, 0.6) is 5.75 Å². The van der Waals surface area contributed by atoms with Crippen LogP contribution >= 0.6 is 11.6 Å². The van der Waals surface area contributed by atoms with Gasteiger partial charge >= 0.3 is 11.6 Å². The van der Waals surface area contributed by atoms with Crippen molar-refractivity contribution >= 4 is 28.5 Å². The molecule has 0 saturated carbocycles. The van der Waals surface area contributed by atoms with E-state index >= 15 is 0 Å². The van der Waals surface area contributed by atoms with Crippen LogP contribution in [0.1, 0.15) is 6.92 Å². The number of halogens is 1. The van der Waals surface area contributed by atoms with Gasteiger partial charge < -0.3 is 9.15 Å². The first kappa shape index (κ1) is 17.0.